The molecular formula is C12H10F3NO. The van der Waals surface area contributed by atoms with Crippen LogP contribution < -0.4 is 0 Å². The van der Waals surface area contributed by atoms with Gasteiger partial charge in [-0.05, 0) is 6.07 Å². The van der Waals surface area contributed by atoms with Crippen LogP contribution in [0, 0.1) is 0 Å². The smallest absolute Gasteiger partial charge is 0.350 e. The molecule has 1 heterocycles. The summed E-state index contributed by atoms with van der Waals surface area (Å²) in [4.78, 5) is 11.6. The largest absolute Gasteiger partial charge is 0.396 e. The van der Waals surface area contributed by atoms with E-state index in [1.54, 1.807) is 35.9 Å². The Kier molecular flexibility index (Phi) is 2.69. The highest BCUT2D eigenvalue weighted by Gasteiger charge is 2.32. The SMILES string of the molecule is Cn1cc(C(=O)CC(F)(F)F)c2ccccc21. The first-order valence-electron chi connectivity index (χ1n) is 5.02. The Labute approximate surface area is 95.7 Å². The molecule has 0 spiro atoms. The molecular weight excluding hydrogens is 231 g/mol. The number of benzene rings is 1. The molecule has 0 bridgehead atoms. The Balaban J connectivity index is 2.46. The topological polar surface area (TPSA) is 22.0 Å². The molecule has 0 amide bonds. The maximum atomic E-state index is 12.2. The van der Waals surface area contributed by atoms with Gasteiger partial charge in [0.15, 0.2) is 5.78 Å². The molecule has 0 aliphatic carbocycles. The fourth-order valence-corrected chi connectivity index (χ4v) is 1.84. The third kappa shape index (κ3) is 2.33. The minimum atomic E-state index is -4.46. The van der Waals surface area contributed by atoms with E-state index in [-0.39, 0.29) is 5.56 Å². The summed E-state index contributed by atoms with van der Waals surface area (Å²) in [7, 11) is 1.70. The lowest BCUT2D eigenvalue weighted by molar-refractivity contribution is -0.125. The number of halogens is 3. The Hall–Kier alpha value is -1.78. The number of nitrogens with zero attached hydrogens (tertiary/aromatic N) is 1. The highest BCUT2D eigenvalue weighted by Crippen LogP contribution is 2.26. The molecule has 0 saturated carbocycles. The highest BCUT2D eigenvalue weighted by molar-refractivity contribution is 6.08. The maximum absolute atomic E-state index is 12.2. The van der Waals surface area contributed by atoms with Crippen LogP contribution in [0.4, 0.5) is 13.2 Å². The van der Waals surface area contributed by atoms with Crippen molar-refractivity contribution in [2.75, 3.05) is 0 Å². The minimum Gasteiger partial charge on any atom is -0.350 e. The number of para-hydroxylation sites is 1. The second-order valence-corrected chi connectivity index (χ2v) is 3.89. The van der Waals surface area contributed by atoms with Crippen LogP contribution in [0.3, 0.4) is 0 Å². The van der Waals surface area contributed by atoms with Gasteiger partial charge in [-0.15, -0.1) is 0 Å². The van der Waals surface area contributed by atoms with Gasteiger partial charge < -0.3 is 4.57 Å². The Morgan fingerprint density at radius 2 is 1.94 bits per heavy atom. The van der Waals surface area contributed by atoms with Gasteiger partial charge in [0, 0.05) is 29.7 Å². The Morgan fingerprint density at radius 1 is 1.29 bits per heavy atom. The third-order valence-electron chi connectivity index (χ3n) is 2.56. The molecule has 0 unspecified atom stereocenters. The lowest BCUT2D eigenvalue weighted by Crippen LogP contribution is -2.14. The Morgan fingerprint density at radius 3 is 2.59 bits per heavy atom. The first kappa shape index (κ1) is 11.7. The van der Waals surface area contributed by atoms with Gasteiger partial charge in [-0.1, -0.05) is 18.2 Å². The molecule has 0 atom stereocenters. The molecule has 0 aliphatic heterocycles. The fourth-order valence-electron chi connectivity index (χ4n) is 1.84. The average molecular weight is 241 g/mol. The molecule has 2 rings (SSSR count). The van der Waals surface area contributed by atoms with E-state index in [4.69, 9.17) is 0 Å². The Bertz CT molecular complexity index is 569. The van der Waals surface area contributed by atoms with E-state index < -0.39 is 18.4 Å². The van der Waals surface area contributed by atoms with E-state index in [9.17, 15) is 18.0 Å². The van der Waals surface area contributed by atoms with Crippen LogP contribution in [-0.4, -0.2) is 16.5 Å². The molecule has 5 heteroatoms. The molecule has 0 radical (unpaired) electrons. The van der Waals surface area contributed by atoms with Gasteiger partial charge in [0.2, 0.25) is 0 Å². The van der Waals surface area contributed by atoms with Gasteiger partial charge >= 0.3 is 6.18 Å². The van der Waals surface area contributed by atoms with Gasteiger partial charge in [0.25, 0.3) is 0 Å². The van der Waals surface area contributed by atoms with Crippen molar-refractivity contribution < 1.29 is 18.0 Å². The van der Waals surface area contributed by atoms with Gasteiger partial charge in [-0.3, -0.25) is 4.79 Å². The minimum absolute atomic E-state index is 0.125. The van der Waals surface area contributed by atoms with Crippen LogP contribution in [0.15, 0.2) is 30.5 Å². The van der Waals surface area contributed by atoms with E-state index in [1.165, 1.54) is 6.20 Å². The summed E-state index contributed by atoms with van der Waals surface area (Å²) in [5.74, 6) is -0.894. The number of aromatic nitrogens is 1. The lowest BCUT2D eigenvalue weighted by atomic mass is 10.1. The highest BCUT2D eigenvalue weighted by atomic mass is 19.4. The number of hydrogen-bond donors (Lipinski definition) is 0. The van der Waals surface area contributed by atoms with Gasteiger partial charge in [0.1, 0.15) is 6.42 Å². The summed E-state index contributed by atoms with van der Waals surface area (Å²) in [5, 5.41) is 0.559. The van der Waals surface area contributed by atoms with Crippen LogP contribution in [0.25, 0.3) is 10.9 Å². The summed E-state index contributed by atoms with van der Waals surface area (Å²) >= 11 is 0. The number of Topliss-reactive ketones (excluding diaryl/α,β-unsaturated/α-hetero) is 1. The summed E-state index contributed by atoms with van der Waals surface area (Å²) in [5.41, 5.74) is 0.874. The predicted molar refractivity (Wildman–Crippen MR) is 57.9 cm³/mol. The van der Waals surface area contributed by atoms with Gasteiger partial charge in [-0.25, -0.2) is 0 Å². The van der Waals surface area contributed by atoms with E-state index in [2.05, 4.69) is 0 Å². The molecule has 0 saturated heterocycles. The quantitative estimate of drug-likeness (QED) is 0.739. The average Bonchev–Trinajstić information content (AvgIpc) is 2.55. The number of aryl methyl sites for hydroxylation is 1. The molecule has 1 aromatic heterocycles. The van der Waals surface area contributed by atoms with Crippen molar-refractivity contribution in [1.82, 2.24) is 4.57 Å². The van der Waals surface area contributed by atoms with Crippen LogP contribution in [0.2, 0.25) is 0 Å². The van der Waals surface area contributed by atoms with Crippen LogP contribution in [0.1, 0.15) is 16.8 Å². The summed E-state index contributed by atoms with van der Waals surface area (Å²) in [6.45, 7) is 0. The number of carbonyl (C=O) groups excluding carboxylic acids is 1. The van der Waals surface area contributed by atoms with Crippen LogP contribution in [-0.2, 0) is 7.05 Å². The van der Waals surface area contributed by atoms with E-state index in [1.807, 2.05) is 0 Å². The fraction of sp³-hybridized carbons (Fsp3) is 0.250. The normalized spacial score (nSPS) is 12.0. The lowest BCUT2D eigenvalue weighted by Gasteiger charge is -2.03. The second kappa shape index (κ2) is 3.91. The van der Waals surface area contributed by atoms with Crippen molar-refractivity contribution in [2.24, 2.45) is 7.05 Å². The molecule has 1 aromatic carbocycles. The zero-order valence-electron chi connectivity index (χ0n) is 9.08. The van der Waals surface area contributed by atoms with Gasteiger partial charge in [0.05, 0.1) is 0 Å². The van der Waals surface area contributed by atoms with Crippen molar-refractivity contribution in [1.29, 1.82) is 0 Å². The molecule has 17 heavy (non-hydrogen) atoms. The number of carbonyl (C=O) groups is 1. The standard InChI is InChI=1S/C12H10F3NO/c1-16-7-9(11(17)6-12(13,14)15)8-4-2-3-5-10(8)16/h2-5,7H,6H2,1H3. The number of alkyl halides is 3. The predicted octanol–water partition coefficient (Wildman–Crippen LogP) is 3.31. The summed E-state index contributed by atoms with van der Waals surface area (Å²) < 4.78 is 38.2. The zero-order valence-corrected chi connectivity index (χ0v) is 9.08. The number of rotatable bonds is 2. The second-order valence-electron chi connectivity index (χ2n) is 3.89. The number of ketones is 1. The molecule has 0 fully saturated rings. The van der Waals surface area contributed by atoms with Crippen molar-refractivity contribution in [3.63, 3.8) is 0 Å². The monoisotopic (exact) mass is 241 g/mol. The van der Waals surface area contributed by atoms with E-state index >= 15 is 0 Å². The van der Waals surface area contributed by atoms with Crippen molar-refractivity contribution in [3.8, 4) is 0 Å². The van der Waals surface area contributed by atoms with Crippen molar-refractivity contribution in [3.05, 3.63) is 36.0 Å². The maximum Gasteiger partial charge on any atom is 0.396 e. The molecule has 90 valence electrons. The molecule has 2 aromatic rings. The van der Waals surface area contributed by atoms with Crippen LogP contribution in [0.5, 0.6) is 0 Å². The zero-order chi connectivity index (χ0) is 12.6. The van der Waals surface area contributed by atoms with Gasteiger partial charge in [-0.2, -0.15) is 13.2 Å². The molecule has 2 nitrogen and oxygen atoms in total. The van der Waals surface area contributed by atoms with E-state index in [0.29, 0.717) is 5.39 Å². The molecule has 0 aliphatic rings. The van der Waals surface area contributed by atoms with Crippen molar-refractivity contribution >= 4 is 16.7 Å². The van der Waals surface area contributed by atoms with E-state index in [0.717, 1.165) is 5.52 Å². The first-order valence-corrected chi connectivity index (χ1v) is 5.02. The summed E-state index contributed by atoms with van der Waals surface area (Å²) in [6.07, 6.45) is -4.44. The molecule has 0 N–H and O–H groups in total. The first-order chi connectivity index (χ1) is 7.88. The van der Waals surface area contributed by atoms with Crippen molar-refractivity contribution in [2.45, 2.75) is 12.6 Å². The summed E-state index contributed by atoms with van der Waals surface area (Å²) in [6, 6.07) is 6.89. The third-order valence-corrected chi connectivity index (χ3v) is 2.56. The van der Waals surface area contributed by atoms with Crippen LogP contribution >= 0.6 is 0 Å². The number of hydrogen-bond acceptors (Lipinski definition) is 1. The number of fused-ring (bicyclic) bond motifs is 1.